The molecule has 4 N–H and O–H groups in total. The summed E-state index contributed by atoms with van der Waals surface area (Å²) in [6, 6.07) is 3.41. The second-order valence-electron chi connectivity index (χ2n) is 5.82. The summed E-state index contributed by atoms with van der Waals surface area (Å²) in [5.74, 6) is 4.99. The highest BCUT2D eigenvalue weighted by molar-refractivity contribution is 6.00. The van der Waals surface area contributed by atoms with Crippen molar-refractivity contribution in [1.82, 2.24) is 5.32 Å². The number of nitrogens with one attached hydrogen (secondary N) is 2. The number of benzene rings is 1. The molecule has 0 saturated heterocycles. The summed E-state index contributed by atoms with van der Waals surface area (Å²) < 4.78 is 38.8. The molecule has 0 spiro atoms. The van der Waals surface area contributed by atoms with E-state index < -0.39 is 28.9 Å². The van der Waals surface area contributed by atoms with Crippen molar-refractivity contribution in [2.45, 2.75) is 38.4 Å². The largest absolute Gasteiger partial charge is 0.418 e. The zero-order valence-electron chi connectivity index (χ0n) is 11.8. The third kappa shape index (κ3) is 3.29. The number of nitrogen functional groups attached to an aromatic ring is 1. The van der Waals surface area contributed by atoms with Crippen molar-refractivity contribution in [2.24, 2.45) is 11.8 Å². The average Bonchev–Trinajstić information content (AvgIpc) is 3.20. The Morgan fingerprint density at radius 2 is 1.90 bits per heavy atom. The molecule has 1 aromatic carbocycles. The van der Waals surface area contributed by atoms with Gasteiger partial charge in [-0.25, -0.2) is 0 Å². The number of para-hydroxylation sites is 1. The normalized spacial score (nSPS) is 15.7. The van der Waals surface area contributed by atoms with Gasteiger partial charge in [0.1, 0.15) is 0 Å². The Kier molecular flexibility index (Phi) is 3.88. The van der Waals surface area contributed by atoms with E-state index in [-0.39, 0.29) is 5.56 Å². The van der Waals surface area contributed by atoms with Crippen molar-refractivity contribution in [2.75, 3.05) is 5.43 Å². The number of alkyl halides is 3. The summed E-state index contributed by atoms with van der Waals surface area (Å²) in [6.07, 6.45) is -2.56. The summed E-state index contributed by atoms with van der Waals surface area (Å²) >= 11 is 0. The van der Waals surface area contributed by atoms with Crippen LogP contribution in [0.5, 0.6) is 0 Å². The Morgan fingerprint density at radius 3 is 2.38 bits per heavy atom. The monoisotopic (exact) mass is 301 g/mol. The first-order chi connectivity index (χ1) is 9.66. The molecular weight excluding hydrogens is 283 g/mol. The van der Waals surface area contributed by atoms with E-state index in [1.807, 2.05) is 19.3 Å². The number of rotatable bonds is 4. The van der Waals surface area contributed by atoms with Gasteiger partial charge in [0.15, 0.2) is 0 Å². The van der Waals surface area contributed by atoms with Gasteiger partial charge in [-0.2, -0.15) is 13.2 Å². The van der Waals surface area contributed by atoms with Crippen LogP contribution < -0.4 is 16.6 Å². The van der Waals surface area contributed by atoms with E-state index in [1.165, 1.54) is 12.1 Å². The lowest BCUT2D eigenvalue weighted by molar-refractivity contribution is -0.137. The van der Waals surface area contributed by atoms with Crippen LogP contribution in [0.15, 0.2) is 18.2 Å². The Labute approximate surface area is 120 Å². The Balaban J connectivity index is 2.33. The standard InChI is InChI=1S/C14H18F3N3O/c1-13(2,8-6-7-8)19-12(21)9-4-3-5-10(11(9)20-18)14(15,16)17/h3-5,8,20H,6-7,18H2,1-2H3,(H,19,21). The molecule has 0 aliphatic heterocycles. The number of carbonyl (C=O) groups excluding carboxylic acids is 1. The van der Waals surface area contributed by atoms with Crippen molar-refractivity contribution in [3.8, 4) is 0 Å². The molecule has 7 heteroatoms. The van der Waals surface area contributed by atoms with Gasteiger partial charge in [-0.3, -0.25) is 10.6 Å². The van der Waals surface area contributed by atoms with E-state index in [0.717, 1.165) is 18.9 Å². The van der Waals surface area contributed by atoms with E-state index in [9.17, 15) is 18.0 Å². The lowest BCUT2D eigenvalue weighted by atomic mass is 9.97. The molecule has 0 radical (unpaired) electrons. The van der Waals surface area contributed by atoms with E-state index in [2.05, 4.69) is 5.32 Å². The third-order valence-corrected chi connectivity index (χ3v) is 3.79. The van der Waals surface area contributed by atoms with Crippen molar-refractivity contribution in [3.05, 3.63) is 29.3 Å². The highest BCUT2D eigenvalue weighted by Gasteiger charge is 2.40. The molecule has 21 heavy (non-hydrogen) atoms. The van der Waals surface area contributed by atoms with Crippen molar-refractivity contribution >= 4 is 11.6 Å². The van der Waals surface area contributed by atoms with Crippen LogP contribution in [-0.4, -0.2) is 11.4 Å². The summed E-state index contributed by atoms with van der Waals surface area (Å²) in [5, 5.41) is 2.79. The topological polar surface area (TPSA) is 67.2 Å². The molecule has 0 aromatic heterocycles. The minimum atomic E-state index is -4.58. The van der Waals surface area contributed by atoms with Crippen LogP contribution in [0.3, 0.4) is 0 Å². The molecule has 0 unspecified atom stereocenters. The minimum absolute atomic E-state index is 0.110. The fourth-order valence-electron chi connectivity index (χ4n) is 2.40. The van der Waals surface area contributed by atoms with Crippen LogP contribution in [0.2, 0.25) is 0 Å². The van der Waals surface area contributed by atoms with Crippen molar-refractivity contribution < 1.29 is 18.0 Å². The quantitative estimate of drug-likeness (QED) is 0.592. The van der Waals surface area contributed by atoms with Crippen molar-refractivity contribution in [3.63, 3.8) is 0 Å². The Hall–Kier alpha value is -1.76. The summed E-state index contributed by atoms with van der Waals surface area (Å²) in [7, 11) is 0. The molecule has 0 bridgehead atoms. The highest BCUT2D eigenvalue weighted by atomic mass is 19.4. The number of anilines is 1. The predicted octanol–water partition coefficient (Wildman–Crippen LogP) is 2.91. The molecule has 1 fully saturated rings. The predicted molar refractivity (Wildman–Crippen MR) is 73.5 cm³/mol. The number of carbonyl (C=O) groups is 1. The maximum Gasteiger partial charge on any atom is 0.418 e. The molecule has 2 rings (SSSR count). The number of hydrogen-bond donors (Lipinski definition) is 3. The fourth-order valence-corrected chi connectivity index (χ4v) is 2.40. The van der Waals surface area contributed by atoms with Gasteiger partial charge in [-0.1, -0.05) is 6.07 Å². The van der Waals surface area contributed by atoms with Crippen LogP contribution in [0.1, 0.15) is 42.6 Å². The van der Waals surface area contributed by atoms with Crippen molar-refractivity contribution in [1.29, 1.82) is 0 Å². The lowest BCUT2D eigenvalue weighted by Crippen LogP contribution is -2.45. The second-order valence-corrected chi connectivity index (χ2v) is 5.82. The zero-order chi connectivity index (χ0) is 15.8. The second kappa shape index (κ2) is 5.22. The third-order valence-electron chi connectivity index (χ3n) is 3.79. The van der Waals surface area contributed by atoms with Crippen LogP contribution in [0, 0.1) is 5.92 Å². The summed E-state index contributed by atoms with van der Waals surface area (Å²) in [6.45, 7) is 3.73. The van der Waals surface area contributed by atoms with E-state index >= 15 is 0 Å². The maximum atomic E-state index is 12.9. The van der Waals surface area contributed by atoms with Gasteiger partial charge in [0.05, 0.1) is 16.8 Å². The number of hydrogen-bond acceptors (Lipinski definition) is 3. The number of nitrogens with two attached hydrogens (primary N) is 1. The van der Waals surface area contributed by atoms with Gasteiger partial charge in [-0.05, 0) is 44.7 Å². The molecule has 1 aromatic rings. The van der Waals surface area contributed by atoms with Gasteiger partial charge in [-0.15, -0.1) is 0 Å². The van der Waals surface area contributed by atoms with Gasteiger partial charge < -0.3 is 10.7 Å². The molecule has 1 amide bonds. The minimum Gasteiger partial charge on any atom is -0.347 e. The fraction of sp³-hybridized carbons (Fsp3) is 0.500. The summed E-state index contributed by atoms with van der Waals surface area (Å²) in [5.41, 5.74) is 0.0792. The molecule has 0 atom stereocenters. The first-order valence-electron chi connectivity index (χ1n) is 6.66. The highest BCUT2D eigenvalue weighted by Crippen LogP contribution is 2.40. The molecule has 1 saturated carbocycles. The van der Waals surface area contributed by atoms with Gasteiger partial charge in [0.25, 0.3) is 5.91 Å². The molecule has 4 nitrogen and oxygen atoms in total. The molecule has 1 aliphatic carbocycles. The molecule has 1 aliphatic rings. The molecule has 0 heterocycles. The maximum absolute atomic E-state index is 12.9. The van der Waals surface area contributed by atoms with E-state index in [0.29, 0.717) is 5.92 Å². The average molecular weight is 301 g/mol. The van der Waals surface area contributed by atoms with Crippen LogP contribution in [0.4, 0.5) is 18.9 Å². The number of amides is 1. The van der Waals surface area contributed by atoms with Crippen LogP contribution in [-0.2, 0) is 6.18 Å². The zero-order valence-corrected chi connectivity index (χ0v) is 11.8. The number of hydrazine groups is 1. The SMILES string of the molecule is CC(C)(NC(=O)c1cccc(C(F)(F)F)c1NN)C1CC1. The van der Waals surface area contributed by atoms with Gasteiger partial charge in [0, 0.05) is 5.54 Å². The van der Waals surface area contributed by atoms with Crippen LogP contribution in [0.25, 0.3) is 0 Å². The smallest absolute Gasteiger partial charge is 0.347 e. The van der Waals surface area contributed by atoms with Crippen LogP contribution >= 0.6 is 0 Å². The molecular formula is C14H18F3N3O. The number of halogens is 3. The Bertz CT molecular complexity index is 551. The van der Waals surface area contributed by atoms with Gasteiger partial charge >= 0.3 is 6.18 Å². The first kappa shape index (κ1) is 15.6. The van der Waals surface area contributed by atoms with E-state index in [4.69, 9.17) is 5.84 Å². The Morgan fingerprint density at radius 1 is 1.29 bits per heavy atom. The summed E-state index contributed by atoms with van der Waals surface area (Å²) in [4.78, 5) is 12.3. The molecule has 116 valence electrons. The van der Waals surface area contributed by atoms with Gasteiger partial charge in [0.2, 0.25) is 0 Å². The first-order valence-corrected chi connectivity index (χ1v) is 6.66. The lowest BCUT2D eigenvalue weighted by Gasteiger charge is -2.27. The van der Waals surface area contributed by atoms with E-state index in [1.54, 1.807) is 0 Å².